The normalized spacial score (nSPS) is 10.7. The first-order valence-electron chi connectivity index (χ1n) is 10.4. The topological polar surface area (TPSA) is 109 Å². The summed E-state index contributed by atoms with van der Waals surface area (Å²) in [4.78, 5) is 30.9. The Hall–Kier alpha value is -3.53. The monoisotopic (exact) mass is 527 g/mol. The summed E-state index contributed by atoms with van der Waals surface area (Å²) in [7, 11) is 0. The minimum atomic E-state index is -0.694. The van der Waals surface area contributed by atoms with Crippen molar-refractivity contribution in [2.45, 2.75) is 23.3 Å². The molecule has 0 aliphatic carbocycles. The lowest BCUT2D eigenvalue weighted by atomic mass is 10.1. The molecule has 0 bridgehead atoms. The number of phenolic OH excluding ortho intramolecular Hbond substituents is 1. The molecule has 2 amide bonds. The standard InChI is InChI=1S/C24H19Cl2N5O3S/c1-2-31-23(33)19(28-24(34)29-22-16(25)12-27-13-17(22)26)11-18(30-31)14-6-5-7-15(10-14)35-21-9-4-3-8-20(21)32/h3-13,32H,2H2,1H3,(H2,27,28,29,34). The second-order valence-corrected chi connectivity index (χ2v) is 9.15. The molecular weight excluding hydrogens is 509 g/mol. The minimum absolute atomic E-state index is 0.0365. The molecule has 3 N–H and O–H groups in total. The van der Waals surface area contributed by atoms with Crippen molar-refractivity contribution < 1.29 is 9.90 Å². The van der Waals surface area contributed by atoms with Gasteiger partial charge < -0.3 is 15.7 Å². The number of nitrogens with one attached hydrogen (secondary N) is 2. The maximum absolute atomic E-state index is 12.8. The van der Waals surface area contributed by atoms with Gasteiger partial charge in [0.1, 0.15) is 11.4 Å². The molecule has 4 rings (SSSR count). The molecule has 0 aliphatic rings. The molecule has 2 heterocycles. The van der Waals surface area contributed by atoms with Gasteiger partial charge in [-0.1, -0.05) is 59.2 Å². The van der Waals surface area contributed by atoms with E-state index in [9.17, 15) is 14.7 Å². The van der Waals surface area contributed by atoms with Crippen LogP contribution in [0.2, 0.25) is 10.0 Å². The molecule has 8 nitrogen and oxygen atoms in total. The average molecular weight is 528 g/mol. The van der Waals surface area contributed by atoms with E-state index in [2.05, 4.69) is 20.7 Å². The molecule has 0 saturated heterocycles. The predicted octanol–water partition coefficient (Wildman–Crippen LogP) is 6.13. The van der Waals surface area contributed by atoms with Gasteiger partial charge in [-0.05, 0) is 37.3 Å². The molecule has 0 spiro atoms. The van der Waals surface area contributed by atoms with Crippen LogP contribution in [0.5, 0.6) is 5.75 Å². The highest BCUT2D eigenvalue weighted by Gasteiger charge is 2.15. The molecule has 0 fully saturated rings. The summed E-state index contributed by atoms with van der Waals surface area (Å²) in [5.74, 6) is 0.187. The molecule has 0 atom stereocenters. The lowest BCUT2D eigenvalue weighted by molar-refractivity contribution is 0.262. The molecule has 178 valence electrons. The second kappa shape index (κ2) is 10.8. The zero-order valence-corrected chi connectivity index (χ0v) is 20.7. The molecule has 0 aliphatic heterocycles. The maximum atomic E-state index is 12.8. The van der Waals surface area contributed by atoms with Gasteiger partial charge in [0.25, 0.3) is 5.56 Å². The predicted molar refractivity (Wildman–Crippen MR) is 139 cm³/mol. The van der Waals surface area contributed by atoms with Gasteiger partial charge in [-0.25, -0.2) is 9.48 Å². The number of aryl methyl sites for hydroxylation is 1. The van der Waals surface area contributed by atoms with Crippen LogP contribution in [-0.2, 0) is 6.54 Å². The van der Waals surface area contributed by atoms with E-state index in [0.29, 0.717) is 17.1 Å². The molecule has 11 heteroatoms. The smallest absolute Gasteiger partial charge is 0.323 e. The number of carbonyl (C=O) groups excluding carboxylic acids is 1. The average Bonchev–Trinajstić information content (AvgIpc) is 2.84. The van der Waals surface area contributed by atoms with E-state index in [1.54, 1.807) is 19.1 Å². The largest absolute Gasteiger partial charge is 0.507 e. The number of aromatic nitrogens is 3. The van der Waals surface area contributed by atoms with Gasteiger partial charge in [0.15, 0.2) is 0 Å². The SMILES string of the molecule is CCn1nc(-c2cccc(Sc3ccccc3O)c2)cc(NC(=O)Nc2c(Cl)cncc2Cl)c1=O. The molecule has 0 radical (unpaired) electrons. The van der Waals surface area contributed by atoms with Crippen LogP contribution < -0.4 is 16.2 Å². The second-order valence-electron chi connectivity index (χ2n) is 7.22. The van der Waals surface area contributed by atoms with E-state index in [4.69, 9.17) is 23.2 Å². The molecule has 0 unspecified atom stereocenters. The molecule has 2 aromatic heterocycles. The van der Waals surface area contributed by atoms with Gasteiger partial charge in [0.2, 0.25) is 0 Å². The van der Waals surface area contributed by atoms with E-state index in [1.165, 1.54) is 34.9 Å². The van der Waals surface area contributed by atoms with Gasteiger partial charge in [-0.2, -0.15) is 5.10 Å². The Kier molecular flexibility index (Phi) is 7.60. The number of phenols is 1. The van der Waals surface area contributed by atoms with E-state index in [1.807, 2.05) is 36.4 Å². The number of rotatable bonds is 6. The number of para-hydroxylation sites is 1. The highest BCUT2D eigenvalue weighted by Crippen LogP contribution is 2.35. The summed E-state index contributed by atoms with van der Waals surface area (Å²) in [6.07, 6.45) is 2.69. The van der Waals surface area contributed by atoms with Gasteiger partial charge in [-0.3, -0.25) is 9.78 Å². The summed E-state index contributed by atoms with van der Waals surface area (Å²) in [6, 6.07) is 15.4. The zero-order valence-electron chi connectivity index (χ0n) is 18.3. The maximum Gasteiger partial charge on any atom is 0.323 e. The first-order chi connectivity index (χ1) is 16.9. The summed E-state index contributed by atoms with van der Waals surface area (Å²) in [5, 5.41) is 19.9. The fourth-order valence-electron chi connectivity index (χ4n) is 3.17. The Morgan fingerprint density at radius 3 is 2.51 bits per heavy atom. The molecular formula is C24H19Cl2N5O3S. The third kappa shape index (κ3) is 5.76. The highest BCUT2D eigenvalue weighted by atomic mass is 35.5. The van der Waals surface area contributed by atoms with Crippen LogP contribution in [0.3, 0.4) is 0 Å². The molecule has 2 aromatic carbocycles. The summed E-state index contributed by atoms with van der Waals surface area (Å²) in [6.45, 7) is 2.08. The van der Waals surface area contributed by atoms with E-state index >= 15 is 0 Å². The first kappa shape index (κ1) is 24.6. The number of amides is 2. The Bertz CT molecular complexity index is 1440. The number of nitrogens with zero attached hydrogens (tertiary/aromatic N) is 3. The molecule has 35 heavy (non-hydrogen) atoms. The number of aromatic hydroxyl groups is 1. The van der Waals surface area contributed by atoms with Crippen molar-refractivity contribution in [3.05, 3.63) is 87.4 Å². The zero-order chi connectivity index (χ0) is 24.9. The van der Waals surface area contributed by atoms with Crippen LogP contribution in [-0.4, -0.2) is 25.9 Å². The van der Waals surface area contributed by atoms with Gasteiger partial charge in [0.05, 0.1) is 26.3 Å². The van der Waals surface area contributed by atoms with Crippen molar-refractivity contribution in [2.75, 3.05) is 10.6 Å². The Labute approximate surface area is 214 Å². The number of pyridine rings is 1. The lowest BCUT2D eigenvalue weighted by Gasteiger charge is -2.13. The van der Waals surface area contributed by atoms with Crippen LogP contribution in [0.1, 0.15) is 6.92 Å². The van der Waals surface area contributed by atoms with Crippen molar-refractivity contribution in [3.63, 3.8) is 0 Å². The van der Waals surface area contributed by atoms with Crippen molar-refractivity contribution in [2.24, 2.45) is 0 Å². The summed E-state index contributed by atoms with van der Waals surface area (Å²) < 4.78 is 1.26. The highest BCUT2D eigenvalue weighted by molar-refractivity contribution is 7.99. The lowest BCUT2D eigenvalue weighted by Crippen LogP contribution is -2.29. The number of halogens is 2. The first-order valence-corrected chi connectivity index (χ1v) is 12.0. The van der Waals surface area contributed by atoms with Gasteiger partial charge in [0, 0.05) is 29.4 Å². The number of urea groups is 1. The van der Waals surface area contributed by atoms with E-state index in [-0.39, 0.29) is 27.2 Å². The number of benzene rings is 2. The van der Waals surface area contributed by atoms with Crippen molar-refractivity contribution in [1.29, 1.82) is 0 Å². The fourth-order valence-corrected chi connectivity index (χ4v) is 4.54. The number of anilines is 2. The third-order valence-corrected chi connectivity index (χ3v) is 6.46. The van der Waals surface area contributed by atoms with Crippen molar-refractivity contribution in [1.82, 2.24) is 14.8 Å². The van der Waals surface area contributed by atoms with Crippen LogP contribution >= 0.6 is 35.0 Å². The van der Waals surface area contributed by atoms with Crippen LogP contribution in [0.15, 0.2) is 81.6 Å². The van der Waals surface area contributed by atoms with Gasteiger partial charge >= 0.3 is 6.03 Å². The van der Waals surface area contributed by atoms with E-state index < -0.39 is 11.6 Å². The minimum Gasteiger partial charge on any atom is -0.507 e. The number of carbonyl (C=O) groups is 1. The third-order valence-electron chi connectivity index (χ3n) is 4.84. The van der Waals surface area contributed by atoms with Crippen molar-refractivity contribution >= 4 is 52.4 Å². The molecule has 4 aromatic rings. The Morgan fingerprint density at radius 1 is 1.06 bits per heavy atom. The number of hydrogen-bond acceptors (Lipinski definition) is 6. The Balaban J connectivity index is 1.63. The molecule has 0 saturated carbocycles. The number of hydrogen-bond donors (Lipinski definition) is 3. The van der Waals surface area contributed by atoms with E-state index in [0.717, 1.165) is 10.5 Å². The van der Waals surface area contributed by atoms with Crippen LogP contribution in [0.25, 0.3) is 11.3 Å². The Morgan fingerprint density at radius 2 is 1.80 bits per heavy atom. The quantitative estimate of drug-likeness (QED) is 0.278. The fraction of sp³-hybridized carbons (Fsp3) is 0.0833. The van der Waals surface area contributed by atoms with Crippen LogP contribution in [0, 0.1) is 0 Å². The van der Waals surface area contributed by atoms with Gasteiger partial charge in [-0.15, -0.1) is 0 Å². The summed E-state index contributed by atoms with van der Waals surface area (Å²) >= 11 is 13.5. The van der Waals surface area contributed by atoms with Crippen molar-refractivity contribution in [3.8, 4) is 17.0 Å². The van der Waals surface area contributed by atoms with Crippen LogP contribution in [0.4, 0.5) is 16.2 Å². The summed E-state index contributed by atoms with van der Waals surface area (Å²) in [5.41, 5.74) is 0.977.